The van der Waals surface area contributed by atoms with E-state index in [4.69, 9.17) is 11.6 Å². The van der Waals surface area contributed by atoms with Crippen LogP contribution >= 0.6 is 11.6 Å². The molecule has 0 radical (unpaired) electrons. The number of nitrogens with zero attached hydrogens (tertiary/aromatic N) is 5. The lowest BCUT2D eigenvalue weighted by Gasteiger charge is -2.21. The summed E-state index contributed by atoms with van der Waals surface area (Å²) < 4.78 is 3.42. The number of benzene rings is 1. The predicted molar refractivity (Wildman–Crippen MR) is 112 cm³/mol. The monoisotopic (exact) mass is 400 g/mol. The third-order valence-corrected chi connectivity index (χ3v) is 5.25. The largest absolute Gasteiger partial charge is 0.372 e. The number of halogens is 1. The molecule has 0 spiro atoms. The summed E-state index contributed by atoms with van der Waals surface area (Å²) in [5, 5.41) is 12.3. The zero-order valence-electron chi connectivity index (χ0n) is 16.6. The molecule has 7 nitrogen and oxygen atoms in total. The molecule has 28 heavy (non-hydrogen) atoms. The molecule has 0 atom stereocenters. The van der Waals surface area contributed by atoms with Gasteiger partial charge in [0, 0.05) is 30.7 Å². The van der Waals surface area contributed by atoms with Gasteiger partial charge in [-0.05, 0) is 58.0 Å². The van der Waals surface area contributed by atoms with Crippen LogP contribution in [0.15, 0.2) is 36.5 Å². The lowest BCUT2D eigenvalue weighted by molar-refractivity contribution is 0.102. The second-order valence-electron chi connectivity index (χ2n) is 6.54. The molecule has 3 aromatic rings. The average molecular weight is 401 g/mol. The summed E-state index contributed by atoms with van der Waals surface area (Å²) in [5.74, 6) is -0.249. The van der Waals surface area contributed by atoms with E-state index in [9.17, 15) is 4.79 Å². The predicted octanol–water partition coefficient (Wildman–Crippen LogP) is 3.95. The summed E-state index contributed by atoms with van der Waals surface area (Å²) in [4.78, 5) is 14.7. The first kappa shape index (κ1) is 19.9. The molecule has 2 aromatic heterocycles. The zero-order chi connectivity index (χ0) is 20.3. The summed E-state index contributed by atoms with van der Waals surface area (Å²) in [5.41, 5.74) is 3.86. The van der Waals surface area contributed by atoms with Gasteiger partial charge in [-0.2, -0.15) is 10.2 Å². The zero-order valence-corrected chi connectivity index (χ0v) is 17.4. The number of anilines is 2. The van der Waals surface area contributed by atoms with E-state index in [0.717, 1.165) is 35.9 Å². The third kappa shape index (κ3) is 4.20. The molecule has 3 rings (SSSR count). The Morgan fingerprint density at radius 1 is 1.11 bits per heavy atom. The van der Waals surface area contributed by atoms with Crippen LogP contribution in [0.4, 0.5) is 11.4 Å². The number of hydrogen-bond donors (Lipinski definition) is 1. The molecular formula is C20H25ClN6O. The Kier molecular flexibility index (Phi) is 6.04. The van der Waals surface area contributed by atoms with Crippen LogP contribution in [0, 0.1) is 13.8 Å². The molecule has 148 valence electrons. The van der Waals surface area contributed by atoms with Gasteiger partial charge in [-0.1, -0.05) is 11.6 Å². The summed E-state index contributed by atoms with van der Waals surface area (Å²) >= 11 is 6.18. The van der Waals surface area contributed by atoms with Gasteiger partial charge in [-0.25, -0.2) is 4.68 Å². The van der Waals surface area contributed by atoms with Gasteiger partial charge in [0.1, 0.15) is 6.67 Å². The molecule has 8 heteroatoms. The minimum Gasteiger partial charge on any atom is -0.372 e. The Labute approximate surface area is 169 Å². The normalized spacial score (nSPS) is 10.9. The Bertz CT molecular complexity index is 956. The van der Waals surface area contributed by atoms with Crippen LogP contribution in [0.25, 0.3) is 0 Å². The first-order valence-corrected chi connectivity index (χ1v) is 9.70. The van der Waals surface area contributed by atoms with Crippen molar-refractivity contribution in [2.45, 2.75) is 34.4 Å². The first-order chi connectivity index (χ1) is 13.4. The molecule has 0 saturated carbocycles. The van der Waals surface area contributed by atoms with Gasteiger partial charge in [-0.15, -0.1) is 0 Å². The van der Waals surface area contributed by atoms with E-state index in [0.29, 0.717) is 17.4 Å². The molecule has 1 amide bonds. The van der Waals surface area contributed by atoms with Gasteiger partial charge in [0.2, 0.25) is 0 Å². The highest BCUT2D eigenvalue weighted by molar-refractivity contribution is 6.31. The van der Waals surface area contributed by atoms with Crippen molar-refractivity contribution >= 4 is 28.9 Å². The molecule has 1 aromatic carbocycles. The van der Waals surface area contributed by atoms with Gasteiger partial charge in [-0.3, -0.25) is 9.48 Å². The lowest BCUT2D eigenvalue weighted by Crippen LogP contribution is -2.21. The van der Waals surface area contributed by atoms with Crippen LogP contribution in [0.3, 0.4) is 0 Å². The molecule has 0 unspecified atom stereocenters. The van der Waals surface area contributed by atoms with Crippen molar-refractivity contribution in [3.63, 3.8) is 0 Å². The minimum atomic E-state index is -0.249. The molecule has 0 fully saturated rings. The van der Waals surface area contributed by atoms with Gasteiger partial charge < -0.3 is 10.2 Å². The fourth-order valence-electron chi connectivity index (χ4n) is 3.05. The number of hydrogen-bond acceptors (Lipinski definition) is 4. The number of carbonyl (C=O) groups is 1. The van der Waals surface area contributed by atoms with E-state index >= 15 is 0 Å². The fraction of sp³-hybridized carbons (Fsp3) is 0.350. The van der Waals surface area contributed by atoms with E-state index in [1.807, 2.05) is 38.1 Å². The second-order valence-corrected chi connectivity index (χ2v) is 6.92. The maximum Gasteiger partial charge on any atom is 0.276 e. The topological polar surface area (TPSA) is 68.0 Å². The quantitative estimate of drug-likeness (QED) is 0.651. The Morgan fingerprint density at radius 3 is 2.36 bits per heavy atom. The number of carbonyl (C=O) groups excluding carboxylic acids is 1. The van der Waals surface area contributed by atoms with Crippen LogP contribution in [0.2, 0.25) is 5.02 Å². The maximum atomic E-state index is 12.5. The van der Waals surface area contributed by atoms with Crippen molar-refractivity contribution in [2.75, 3.05) is 23.3 Å². The number of aryl methyl sites for hydroxylation is 1. The number of nitrogens with one attached hydrogen (secondary N) is 1. The van der Waals surface area contributed by atoms with Crippen LogP contribution in [0.1, 0.15) is 35.7 Å². The molecular weight excluding hydrogens is 376 g/mol. The van der Waals surface area contributed by atoms with Crippen molar-refractivity contribution in [3.8, 4) is 0 Å². The minimum absolute atomic E-state index is 0.249. The molecule has 2 heterocycles. The summed E-state index contributed by atoms with van der Waals surface area (Å²) in [6, 6.07) is 9.51. The lowest BCUT2D eigenvalue weighted by atomic mass is 10.2. The number of rotatable bonds is 7. The van der Waals surface area contributed by atoms with E-state index in [1.165, 1.54) is 0 Å². The van der Waals surface area contributed by atoms with Crippen molar-refractivity contribution in [2.24, 2.45) is 0 Å². The Balaban J connectivity index is 1.66. The van der Waals surface area contributed by atoms with Crippen LogP contribution in [-0.4, -0.2) is 38.6 Å². The van der Waals surface area contributed by atoms with Crippen LogP contribution in [0.5, 0.6) is 0 Å². The SMILES string of the molecule is CCN(CC)c1ccc(NC(=O)c2ccn(Cn3nc(C)c(Cl)c3C)n2)cc1. The van der Waals surface area contributed by atoms with E-state index in [-0.39, 0.29) is 5.91 Å². The summed E-state index contributed by atoms with van der Waals surface area (Å²) in [6.45, 7) is 10.3. The average Bonchev–Trinajstić information content (AvgIpc) is 3.25. The fourth-order valence-corrected chi connectivity index (χ4v) is 3.19. The highest BCUT2D eigenvalue weighted by Gasteiger charge is 2.13. The standard InChI is InChI=1S/C20H25ClN6O/c1-5-25(6-2)17-9-7-16(8-10-17)22-20(28)18-11-12-26(24-18)13-27-15(4)19(21)14(3)23-27/h7-12H,5-6,13H2,1-4H3,(H,22,28). The summed E-state index contributed by atoms with van der Waals surface area (Å²) in [6.07, 6.45) is 1.75. The molecule has 0 saturated heterocycles. The molecule has 1 N–H and O–H groups in total. The van der Waals surface area contributed by atoms with E-state index < -0.39 is 0 Å². The van der Waals surface area contributed by atoms with Gasteiger partial charge in [0.05, 0.1) is 16.4 Å². The Hall–Kier alpha value is -2.80. The number of aromatic nitrogens is 4. The van der Waals surface area contributed by atoms with E-state index in [2.05, 4.69) is 34.3 Å². The van der Waals surface area contributed by atoms with Crippen molar-refractivity contribution in [1.29, 1.82) is 0 Å². The maximum absolute atomic E-state index is 12.5. The van der Waals surface area contributed by atoms with Crippen LogP contribution in [-0.2, 0) is 6.67 Å². The molecule has 0 bridgehead atoms. The highest BCUT2D eigenvalue weighted by Crippen LogP contribution is 2.19. The highest BCUT2D eigenvalue weighted by atomic mass is 35.5. The van der Waals surface area contributed by atoms with Crippen LogP contribution < -0.4 is 10.2 Å². The van der Waals surface area contributed by atoms with Gasteiger partial charge in [0.25, 0.3) is 5.91 Å². The smallest absolute Gasteiger partial charge is 0.276 e. The molecule has 0 aliphatic rings. The van der Waals surface area contributed by atoms with Gasteiger partial charge in [0.15, 0.2) is 5.69 Å². The van der Waals surface area contributed by atoms with E-state index in [1.54, 1.807) is 21.6 Å². The van der Waals surface area contributed by atoms with Gasteiger partial charge >= 0.3 is 0 Å². The van der Waals surface area contributed by atoms with Crippen molar-refractivity contribution in [1.82, 2.24) is 19.6 Å². The van der Waals surface area contributed by atoms with Crippen molar-refractivity contribution < 1.29 is 4.79 Å². The first-order valence-electron chi connectivity index (χ1n) is 9.32. The molecule has 0 aliphatic carbocycles. The Morgan fingerprint density at radius 2 is 1.79 bits per heavy atom. The number of amides is 1. The third-order valence-electron chi connectivity index (χ3n) is 4.70. The second kappa shape index (κ2) is 8.48. The summed E-state index contributed by atoms with van der Waals surface area (Å²) in [7, 11) is 0. The van der Waals surface area contributed by atoms with Crippen molar-refractivity contribution in [3.05, 3.63) is 58.6 Å². The molecule has 0 aliphatic heterocycles.